The second-order valence-corrected chi connectivity index (χ2v) is 7.20. The molecule has 7 nitrogen and oxygen atoms in total. The molecule has 1 amide bonds. The molecule has 0 bridgehead atoms. The standard InChI is InChI=1S/C21H24N6O/c1-15-4-3-5-18(16(15)2)25-21(28)17-6-9-26(10-7-17)19-12-20(24-13-23-19)27-11-8-22-14-27/h3-5,8,11-14,17H,6-7,9-10H2,1-2H3,(H,25,28). The maximum Gasteiger partial charge on any atom is 0.227 e. The molecule has 3 aromatic rings. The van der Waals surface area contributed by atoms with E-state index in [9.17, 15) is 4.79 Å². The highest BCUT2D eigenvalue weighted by molar-refractivity contribution is 5.93. The first-order valence-corrected chi connectivity index (χ1v) is 9.54. The van der Waals surface area contributed by atoms with Crippen molar-refractivity contribution in [2.75, 3.05) is 23.3 Å². The first-order chi connectivity index (χ1) is 13.6. The summed E-state index contributed by atoms with van der Waals surface area (Å²) in [7, 11) is 0. The van der Waals surface area contributed by atoms with Crippen LogP contribution in [-0.2, 0) is 4.79 Å². The summed E-state index contributed by atoms with van der Waals surface area (Å²) in [4.78, 5) is 27.7. The quantitative estimate of drug-likeness (QED) is 0.757. The van der Waals surface area contributed by atoms with Crippen LogP contribution < -0.4 is 10.2 Å². The number of aryl methyl sites for hydroxylation is 1. The van der Waals surface area contributed by atoms with Crippen LogP contribution in [0.25, 0.3) is 5.82 Å². The van der Waals surface area contributed by atoms with Crippen LogP contribution in [0.15, 0.2) is 49.3 Å². The van der Waals surface area contributed by atoms with Crippen molar-refractivity contribution in [3.05, 3.63) is 60.4 Å². The smallest absolute Gasteiger partial charge is 0.227 e. The molecule has 144 valence electrons. The molecule has 2 aromatic heterocycles. The Morgan fingerprint density at radius 3 is 2.68 bits per heavy atom. The summed E-state index contributed by atoms with van der Waals surface area (Å²) in [5, 5.41) is 3.11. The third kappa shape index (κ3) is 3.74. The van der Waals surface area contributed by atoms with Crippen molar-refractivity contribution in [1.82, 2.24) is 19.5 Å². The van der Waals surface area contributed by atoms with Gasteiger partial charge < -0.3 is 10.2 Å². The number of aromatic nitrogens is 4. The monoisotopic (exact) mass is 376 g/mol. The van der Waals surface area contributed by atoms with Gasteiger partial charge in [-0.05, 0) is 43.9 Å². The Bertz CT molecular complexity index is 961. The molecule has 3 heterocycles. The maximum atomic E-state index is 12.7. The minimum absolute atomic E-state index is 0.0196. The van der Waals surface area contributed by atoms with E-state index in [2.05, 4.69) is 38.2 Å². The Morgan fingerprint density at radius 2 is 1.93 bits per heavy atom. The van der Waals surface area contributed by atoms with Crippen LogP contribution in [0.3, 0.4) is 0 Å². The topological polar surface area (TPSA) is 75.9 Å². The SMILES string of the molecule is Cc1cccc(NC(=O)C2CCN(c3cc(-n4ccnc4)ncn3)CC2)c1C. The largest absolute Gasteiger partial charge is 0.356 e. The number of carbonyl (C=O) groups is 1. The third-order valence-electron chi connectivity index (χ3n) is 5.46. The average Bonchev–Trinajstić information content (AvgIpc) is 3.27. The number of anilines is 2. The molecule has 1 aromatic carbocycles. The maximum absolute atomic E-state index is 12.7. The number of imidazole rings is 1. The minimum atomic E-state index is 0.0196. The zero-order chi connectivity index (χ0) is 19.5. The summed E-state index contributed by atoms with van der Waals surface area (Å²) >= 11 is 0. The van der Waals surface area contributed by atoms with Gasteiger partial charge in [0.15, 0.2) is 0 Å². The van der Waals surface area contributed by atoms with Crippen LogP contribution in [0.1, 0.15) is 24.0 Å². The van der Waals surface area contributed by atoms with E-state index >= 15 is 0 Å². The second kappa shape index (κ2) is 7.80. The molecular weight excluding hydrogens is 352 g/mol. The molecule has 1 fully saturated rings. The molecule has 4 rings (SSSR count). The summed E-state index contributed by atoms with van der Waals surface area (Å²) in [6, 6.07) is 7.96. The molecule has 1 saturated heterocycles. The van der Waals surface area contributed by atoms with Crippen molar-refractivity contribution in [1.29, 1.82) is 0 Å². The lowest BCUT2D eigenvalue weighted by Crippen LogP contribution is -2.38. The number of nitrogens with one attached hydrogen (secondary N) is 1. The summed E-state index contributed by atoms with van der Waals surface area (Å²) in [6.45, 7) is 5.69. The van der Waals surface area contributed by atoms with Crippen LogP contribution in [0.4, 0.5) is 11.5 Å². The molecule has 0 atom stereocenters. The molecule has 0 aliphatic carbocycles. The fourth-order valence-corrected chi connectivity index (χ4v) is 3.54. The van der Waals surface area contributed by atoms with Gasteiger partial charge >= 0.3 is 0 Å². The normalized spacial score (nSPS) is 14.9. The third-order valence-corrected chi connectivity index (χ3v) is 5.46. The fourth-order valence-electron chi connectivity index (χ4n) is 3.54. The summed E-state index contributed by atoms with van der Waals surface area (Å²) in [6.07, 6.45) is 8.49. The van der Waals surface area contributed by atoms with Crippen molar-refractivity contribution in [3.63, 3.8) is 0 Å². The first kappa shape index (κ1) is 18.2. The fraction of sp³-hybridized carbons (Fsp3) is 0.333. The molecule has 0 saturated carbocycles. The zero-order valence-corrected chi connectivity index (χ0v) is 16.2. The molecule has 7 heteroatoms. The van der Waals surface area contributed by atoms with Gasteiger partial charge in [-0.15, -0.1) is 0 Å². The van der Waals surface area contributed by atoms with E-state index in [1.807, 2.05) is 35.9 Å². The van der Waals surface area contributed by atoms with Crippen molar-refractivity contribution >= 4 is 17.4 Å². The summed E-state index contributed by atoms with van der Waals surface area (Å²) in [5.41, 5.74) is 3.22. The van der Waals surface area contributed by atoms with Crippen molar-refractivity contribution in [2.24, 2.45) is 5.92 Å². The van der Waals surface area contributed by atoms with Crippen molar-refractivity contribution < 1.29 is 4.79 Å². The highest BCUT2D eigenvalue weighted by Gasteiger charge is 2.26. The predicted molar refractivity (Wildman–Crippen MR) is 109 cm³/mol. The van der Waals surface area contributed by atoms with Gasteiger partial charge in [-0.3, -0.25) is 9.36 Å². The Labute approximate surface area is 164 Å². The molecule has 1 aliphatic rings. The number of amides is 1. The van der Waals surface area contributed by atoms with Gasteiger partial charge in [0.25, 0.3) is 0 Å². The molecule has 0 spiro atoms. The second-order valence-electron chi connectivity index (χ2n) is 7.20. The number of hydrogen-bond acceptors (Lipinski definition) is 5. The lowest BCUT2D eigenvalue weighted by atomic mass is 9.95. The molecule has 1 N–H and O–H groups in total. The number of hydrogen-bond donors (Lipinski definition) is 1. The van der Waals surface area contributed by atoms with Gasteiger partial charge in [-0.25, -0.2) is 15.0 Å². The van der Waals surface area contributed by atoms with Gasteiger partial charge in [0.1, 0.15) is 24.3 Å². The number of carbonyl (C=O) groups excluding carboxylic acids is 1. The summed E-state index contributed by atoms with van der Waals surface area (Å²) in [5.74, 6) is 1.80. The number of nitrogens with zero attached hydrogens (tertiary/aromatic N) is 5. The highest BCUT2D eigenvalue weighted by atomic mass is 16.1. The number of piperidine rings is 1. The van der Waals surface area contributed by atoms with E-state index < -0.39 is 0 Å². The van der Waals surface area contributed by atoms with Gasteiger partial charge in [0.05, 0.1) is 0 Å². The molecule has 0 radical (unpaired) electrons. The van der Waals surface area contributed by atoms with E-state index in [-0.39, 0.29) is 11.8 Å². The van der Waals surface area contributed by atoms with E-state index in [0.29, 0.717) is 0 Å². The number of benzene rings is 1. The zero-order valence-electron chi connectivity index (χ0n) is 16.2. The van der Waals surface area contributed by atoms with Gasteiger partial charge in [-0.1, -0.05) is 12.1 Å². The Kier molecular flexibility index (Phi) is 5.06. The molecule has 0 unspecified atom stereocenters. The Balaban J connectivity index is 1.39. The number of rotatable bonds is 4. The highest BCUT2D eigenvalue weighted by Crippen LogP contribution is 2.25. The van der Waals surface area contributed by atoms with E-state index in [4.69, 9.17) is 0 Å². The van der Waals surface area contributed by atoms with Crippen LogP contribution in [-0.4, -0.2) is 38.5 Å². The molecular formula is C21H24N6O. The average molecular weight is 376 g/mol. The van der Waals surface area contributed by atoms with Gasteiger partial charge in [0, 0.05) is 43.2 Å². The lowest BCUT2D eigenvalue weighted by Gasteiger charge is -2.32. The van der Waals surface area contributed by atoms with Crippen molar-refractivity contribution in [2.45, 2.75) is 26.7 Å². The van der Waals surface area contributed by atoms with E-state index in [0.717, 1.165) is 48.8 Å². The summed E-state index contributed by atoms with van der Waals surface area (Å²) < 4.78 is 1.86. The molecule has 1 aliphatic heterocycles. The van der Waals surface area contributed by atoms with Gasteiger partial charge in [0.2, 0.25) is 5.91 Å². The minimum Gasteiger partial charge on any atom is -0.356 e. The van der Waals surface area contributed by atoms with Crippen LogP contribution in [0, 0.1) is 19.8 Å². The van der Waals surface area contributed by atoms with Crippen LogP contribution >= 0.6 is 0 Å². The van der Waals surface area contributed by atoms with E-state index in [1.54, 1.807) is 18.9 Å². The Hall–Kier alpha value is -3.22. The predicted octanol–water partition coefficient (Wildman–Crippen LogP) is 3.13. The molecule has 28 heavy (non-hydrogen) atoms. The van der Waals surface area contributed by atoms with Gasteiger partial charge in [-0.2, -0.15) is 0 Å². The Morgan fingerprint density at radius 1 is 1.14 bits per heavy atom. The van der Waals surface area contributed by atoms with Crippen LogP contribution in [0.5, 0.6) is 0 Å². The first-order valence-electron chi connectivity index (χ1n) is 9.54. The van der Waals surface area contributed by atoms with Crippen LogP contribution in [0.2, 0.25) is 0 Å². The van der Waals surface area contributed by atoms with E-state index in [1.165, 1.54) is 5.56 Å². The lowest BCUT2D eigenvalue weighted by molar-refractivity contribution is -0.120. The van der Waals surface area contributed by atoms with Crippen molar-refractivity contribution in [3.8, 4) is 5.82 Å².